The van der Waals surface area contributed by atoms with Crippen LogP contribution in [0.25, 0.3) is 0 Å². The average Bonchev–Trinajstić information content (AvgIpc) is 2.02. The second-order valence-electron chi connectivity index (χ2n) is 2.74. The number of carbonyl (C=O) groups excluding carboxylic acids is 2. The van der Waals surface area contributed by atoms with Crippen LogP contribution in [0.1, 0.15) is 26.2 Å². The molecule has 0 N–H and O–H groups in total. The number of aliphatic carboxylic acids is 2. The normalized spacial score (nSPS) is 12.1. The van der Waals surface area contributed by atoms with Gasteiger partial charge in [-0.3, -0.25) is 0 Å². The first kappa shape index (κ1) is 16.4. The fourth-order valence-electron chi connectivity index (χ4n) is 0.969. The van der Waals surface area contributed by atoms with E-state index in [9.17, 15) is 19.8 Å². The van der Waals surface area contributed by atoms with E-state index >= 15 is 0 Å². The summed E-state index contributed by atoms with van der Waals surface area (Å²) < 4.78 is 0. The van der Waals surface area contributed by atoms with E-state index in [0.717, 1.165) is 0 Å². The van der Waals surface area contributed by atoms with Gasteiger partial charge in [0.05, 0.1) is 0 Å². The first-order valence-electron chi connectivity index (χ1n) is 4.09. The van der Waals surface area contributed by atoms with Gasteiger partial charge in [0, 0.05) is 17.9 Å². The van der Waals surface area contributed by atoms with Gasteiger partial charge in [0.15, 0.2) is 0 Å². The van der Waals surface area contributed by atoms with Gasteiger partial charge < -0.3 is 19.8 Å². The molecule has 0 amide bonds. The first-order valence-corrected chi connectivity index (χ1v) is 4.09. The molecule has 74 valence electrons. The van der Waals surface area contributed by atoms with Crippen molar-refractivity contribution in [2.45, 2.75) is 26.2 Å². The molecule has 0 radical (unpaired) electrons. The van der Waals surface area contributed by atoms with Gasteiger partial charge in [0.1, 0.15) is 0 Å². The Morgan fingerprint density at radius 1 is 1.36 bits per heavy atom. The van der Waals surface area contributed by atoms with Crippen LogP contribution < -0.4 is 10.2 Å². The third-order valence-electron chi connectivity index (χ3n) is 1.66. The van der Waals surface area contributed by atoms with Gasteiger partial charge in [-0.15, -0.1) is 0 Å². The largest absolute Gasteiger partial charge is 2.00 e. The van der Waals surface area contributed by atoms with Gasteiger partial charge in [-0.2, -0.15) is 0 Å². The molecule has 0 aromatic carbocycles. The summed E-state index contributed by atoms with van der Waals surface area (Å²) in [6, 6.07) is 0. The van der Waals surface area contributed by atoms with Crippen LogP contribution in [-0.4, -0.2) is 49.7 Å². The minimum atomic E-state index is -1.35. The molecule has 0 saturated heterocycles. The topological polar surface area (TPSA) is 80.3 Å². The molecule has 0 aliphatic carbocycles. The number of carboxylic acid groups (broad SMARTS) is 2. The maximum atomic E-state index is 10.4. The van der Waals surface area contributed by atoms with E-state index in [2.05, 4.69) is 0 Å². The molecular formula is C9H12CaO4. The van der Waals surface area contributed by atoms with Crippen molar-refractivity contribution in [3.8, 4) is 0 Å². The zero-order valence-corrected chi connectivity index (χ0v) is 10.4. The second kappa shape index (κ2) is 9.49. The smallest absolute Gasteiger partial charge is 0.550 e. The Morgan fingerprint density at radius 2 is 1.93 bits per heavy atom. The van der Waals surface area contributed by atoms with Crippen molar-refractivity contribution >= 4 is 49.7 Å². The molecule has 1 atom stereocenters. The van der Waals surface area contributed by atoms with Crippen LogP contribution in [0.4, 0.5) is 0 Å². The molecule has 0 rings (SSSR count). The van der Waals surface area contributed by atoms with E-state index in [1.165, 1.54) is 0 Å². The number of carbonyl (C=O) groups is 2. The SMILES string of the molecule is C/C=C/CCC(CC(=O)[O-])C(=O)[O-].[Ca+2]. The molecule has 0 aliphatic rings. The monoisotopic (exact) mass is 224 g/mol. The number of carboxylic acids is 2. The molecule has 0 aromatic rings. The second-order valence-corrected chi connectivity index (χ2v) is 2.74. The van der Waals surface area contributed by atoms with E-state index in [0.29, 0.717) is 6.42 Å². The average molecular weight is 224 g/mol. The Balaban J connectivity index is 0. The third-order valence-corrected chi connectivity index (χ3v) is 1.66. The van der Waals surface area contributed by atoms with E-state index in [-0.39, 0.29) is 44.2 Å². The summed E-state index contributed by atoms with van der Waals surface area (Å²) in [6.07, 6.45) is 3.92. The van der Waals surface area contributed by atoms with Crippen molar-refractivity contribution in [2.24, 2.45) is 5.92 Å². The molecule has 0 bridgehead atoms. The summed E-state index contributed by atoms with van der Waals surface area (Å²) in [5, 5.41) is 20.5. The zero-order valence-electron chi connectivity index (χ0n) is 8.19. The molecule has 0 spiro atoms. The van der Waals surface area contributed by atoms with Gasteiger partial charge in [0.25, 0.3) is 0 Å². The summed E-state index contributed by atoms with van der Waals surface area (Å²) in [4.78, 5) is 20.5. The van der Waals surface area contributed by atoms with Gasteiger partial charge in [-0.05, 0) is 26.2 Å². The molecule has 1 unspecified atom stereocenters. The Hall–Kier alpha value is -0.0603. The molecule has 14 heavy (non-hydrogen) atoms. The minimum Gasteiger partial charge on any atom is -0.550 e. The Bertz CT molecular complexity index is 213. The molecule has 0 aromatic heterocycles. The van der Waals surface area contributed by atoms with Crippen LogP contribution >= 0.6 is 0 Å². The van der Waals surface area contributed by atoms with Crippen molar-refractivity contribution in [3.63, 3.8) is 0 Å². The van der Waals surface area contributed by atoms with Crippen LogP contribution in [0.5, 0.6) is 0 Å². The summed E-state index contributed by atoms with van der Waals surface area (Å²) >= 11 is 0. The summed E-state index contributed by atoms with van der Waals surface area (Å²) in [6.45, 7) is 1.81. The first-order chi connectivity index (χ1) is 6.07. The molecule has 5 heteroatoms. The fourth-order valence-corrected chi connectivity index (χ4v) is 0.969. The van der Waals surface area contributed by atoms with Crippen molar-refractivity contribution in [2.75, 3.05) is 0 Å². The van der Waals surface area contributed by atoms with Gasteiger partial charge >= 0.3 is 37.7 Å². The van der Waals surface area contributed by atoms with Crippen molar-refractivity contribution < 1.29 is 19.8 Å². The van der Waals surface area contributed by atoms with Gasteiger partial charge in [0.2, 0.25) is 0 Å². The van der Waals surface area contributed by atoms with Gasteiger partial charge in [-0.25, -0.2) is 0 Å². The van der Waals surface area contributed by atoms with Crippen molar-refractivity contribution in [1.82, 2.24) is 0 Å². The Morgan fingerprint density at radius 3 is 2.29 bits per heavy atom. The number of rotatable bonds is 6. The molecule has 0 heterocycles. The standard InChI is InChI=1S/C9H14O4.Ca/c1-2-3-4-5-7(9(12)13)6-8(10)11;/h2-3,7H,4-6H2,1H3,(H,10,11)(H,12,13);/q;+2/p-2/b3-2+;. The van der Waals surface area contributed by atoms with E-state index in [1.54, 1.807) is 12.2 Å². The number of hydrogen-bond donors (Lipinski definition) is 0. The van der Waals surface area contributed by atoms with E-state index in [4.69, 9.17) is 0 Å². The van der Waals surface area contributed by atoms with Crippen LogP contribution in [-0.2, 0) is 9.59 Å². The molecule has 0 saturated carbocycles. The molecule has 4 nitrogen and oxygen atoms in total. The maximum absolute atomic E-state index is 10.4. The summed E-state index contributed by atoms with van der Waals surface area (Å²) in [5.41, 5.74) is 0. The predicted molar refractivity (Wildman–Crippen MR) is 47.9 cm³/mol. The van der Waals surface area contributed by atoms with Gasteiger partial charge in [-0.1, -0.05) is 12.2 Å². The summed E-state index contributed by atoms with van der Waals surface area (Å²) in [7, 11) is 0. The fraction of sp³-hybridized carbons (Fsp3) is 0.556. The quantitative estimate of drug-likeness (QED) is 0.405. The van der Waals surface area contributed by atoms with Crippen molar-refractivity contribution in [1.29, 1.82) is 0 Å². The molecule has 0 fully saturated rings. The minimum absolute atomic E-state index is 0. The third kappa shape index (κ3) is 8.53. The predicted octanol–water partition coefficient (Wildman–Crippen LogP) is -1.53. The number of allylic oxidation sites excluding steroid dienone is 2. The van der Waals surface area contributed by atoms with Crippen molar-refractivity contribution in [3.05, 3.63) is 12.2 Å². The van der Waals surface area contributed by atoms with Crippen LogP contribution in [0.3, 0.4) is 0 Å². The van der Waals surface area contributed by atoms with Crippen LogP contribution in [0.2, 0.25) is 0 Å². The Labute approximate surface area is 113 Å². The molecular weight excluding hydrogens is 212 g/mol. The van der Waals surface area contributed by atoms with Crippen LogP contribution in [0, 0.1) is 5.92 Å². The molecule has 0 aliphatic heterocycles. The maximum Gasteiger partial charge on any atom is 2.00 e. The number of hydrogen-bond acceptors (Lipinski definition) is 4. The van der Waals surface area contributed by atoms with Crippen LogP contribution in [0.15, 0.2) is 12.2 Å². The van der Waals surface area contributed by atoms with E-state index in [1.807, 2.05) is 6.92 Å². The Kier molecular flexibility index (Phi) is 11.1. The van der Waals surface area contributed by atoms with E-state index < -0.39 is 24.3 Å². The zero-order chi connectivity index (χ0) is 10.3. The summed E-state index contributed by atoms with van der Waals surface area (Å²) in [5.74, 6) is -3.62.